The second-order valence-electron chi connectivity index (χ2n) is 7.51. The zero-order valence-electron chi connectivity index (χ0n) is 18.0. The maximum atomic E-state index is 12.5. The summed E-state index contributed by atoms with van der Waals surface area (Å²) in [6, 6.07) is 12.6. The number of hydrogen-bond donors (Lipinski definition) is 1. The van der Waals surface area contributed by atoms with Crippen LogP contribution in [0.1, 0.15) is 29.8 Å². The second-order valence-corrected chi connectivity index (χ2v) is 9.98. The molecule has 1 N–H and O–H groups in total. The molecule has 1 heterocycles. The van der Waals surface area contributed by atoms with Crippen molar-refractivity contribution in [2.75, 3.05) is 11.1 Å². The first-order chi connectivity index (χ1) is 15.8. The molecule has 12 heteroatoms. The number of alkyl halides is 3. The third kappa shape index (κ3) is 6.73. The molecule has 0 saturated heterocycles. The van der Waals surface area contributed by atoms with Gasteiger partial charge in [-0.2, -0.15) is 13.2 Å². The van der Waals surface area contributed by atoms with Gasteiger partial charge < -0.3 is 9.26 Å². The third-order valence-corrected chi connectivity index (χ3v) is 6.59. The van der Waals surface area contributed by atoms with Crippen LogP contribution in [0.3, 0.4) is 0 Å². The van der Waals surface area contributed by atoms with Gasteiger partial charge in [-0.3, -0.25) is 5.32 Å². The molecule has 1 aromatic heterocycles. The quantitative estimate of drug-likeness (QED) is 0.408. The molecule has 0 aliphatic rings. The summed E-state index contributed by atoms with van der Waals surface area (Å²) in [5.74, 6) is -2.49. The number of rotatable bonds is 7. The number of sulfone groups is 1. The molecule has 0 aliphatic heterocycles. The molecular weight excluding hydrogens is 497 g/mol. The first kappa shape index (κ1) is 25.6. The van der Waals surface area contributed by atoms with Gasteiger partial charge in [-0.1, -0.05) is 59.2 Å². The van der Waals surface area contributed by atoms with Gasteiger partial charge in [0.25, 0.3) is 0 Å². The van der Waals surface area contributed by atoms with Crippen molar-refractivity contribution in [2.45, 2.75) is 31.9 Å². The van der Waals surface area contributed by atoms with Gasteiger partial charge in [-0.25, -0.2) is 13.2 Å². The van der Waals surface area contributed by atoms with E-state index in [9.17, 15) is 26.4 Å². The molecule has 182 valence electrons. The van der Waals surface area contributed by atoms with E-state index in [4.69, 9.17) is 20.9 Å². The van der Waals surface area contributed by atoms with Crippen LogP contribution >= 0.6 is 11.6 Å². The van der Waals surface area contributed by atoms with E-state index in [2.05, 4.69) is 10.5 Å². The Labute approximate surface area is 198 Å². The summed E-state index contributed by atoms with van der Waals surface area (Å²) in [5.41, 5.74) is 1.80. The van der Waals surface area contributed by atoms with Crippen LogP contribution in [0.2, 0.25) is 5.02 Å². The zero-order chi connectivity index (χ0) is 25.1. The van der Waals surface area contributed by atoms with E-state index < -0.39 is 39.7 Å². The van der Waals surface area contributed by atoms with Crippen LogP contribution in [0, 0.1) is 6.92 Å². The highest BCUT2D eigenvalue weighted by Gasteiger charge is 2.35. The van der Waals surface area contributed by atoms with E-state index in [0.29, 0.717) is 21.8 Å². The highest BCUT2D eigenvalue weighted by molar-refractivity contribution is 7.90. The lowest BCUT2D eigenvalue weighted by atomic mass is 10.1. The summed E-state index contributed by atoms with van der Waals surface area (Å²) in [7, 11) is -4.37. The Kier molecular flexibility index (Phi) is 7.57. The minimum absolute atomic E-state index is 0.171. The van der Waals surface area contributed by atoms with E-state index in [-0.39, 0.29) is 17.0 Å². The van der Waals surface area contributed by atoms with Crippen LogP contribution in [-0.4, -0.2) is 31.6 Å². The van der Waals surface area contributed by atoms with Gasteiger partial charge >= 0.3 is 12.3 Å². The summed E-state index contributed by atoms with van der Waals surface area (Å²) in [6.45, 7) is 3.26. The first-order valence-corrected chi connectivity index (χ1v) is 12.1. The van der Waals surface area contributed by atoms with Crippen LogP contribution in [0.25, 0.3) is 11.3 Å². The number of ether oxygens (including phenoxy) is 1. The Morgan fingerprint density at radius 1 is 1.18 bits per heavy atom. The monoisotopic (exact) mass is 516 g/mol. The summed E-state index contributed by atoms with van der Waals surface area (Å²) < 4.78 is 71.5. The van der Waals surface area contributed by atoms with Crippen molar-refractivity contribution in [3.05, 3.63) is 70.4 Å². The molecule has 3 aromatic rings. The molecule has 7 nitrogen and oxygen atoms in total. The Balaban J connectivity index is 1.73. The Morgan fingerprint density at radius 2 is 1.82 bits per heavy atom. The third-order valence-electron chi connectivity index (χ3n) is 4.70. The van der Waals surface area contributed by atoms with Crippen molar-refractivity contribution in [2.24, 2.45) is 0 Å². The zero-order valence-corrected chi connectivity index (χ0v) is 19.6. The highest BCUT2D eigenvalue weighted by Crippen LogP contribution is 2.32. The molecule has 0 spiro atoms. The molecule has 0 fully saturated rings. The van der Waals surface area contributed by atoms with Crippen molar-refractivity contribution < 1.29 is 35.6 Å². The van der Waals surface area contributed by atoms with Gasteiger partial charge in [0.15, 0.2) is 15.6 Å². The molecule has 1 amide bonds. The SMILES string of the molecule is Cc1noc(-c2ccc(CS(=O)(=O)CC(F)(F)F)cc2)c1NC(=O)OC(C)c1ccccc1Cl. The number of hydrogen-bond acceptors (Lipinski definition) is 6. The molecule has 1 unspecified atom stereocenters. The lowest BCUT2D eigenvalue weighted by Crippen LogP contribution is -2.23. The fraction of sp³-hybridized carbons (Fsp3) is 0.273. The average Bonchev–Trinajstić information content (AvgIpc) is 3.06. The number of anilines is 1. The minimum atomic E-state index is -4.81. The molecule has 34 heavy (non-hydrogen) atoms. The fourth-order valence-corrected chi connectivity index (χ4v) is 4.77. The topological polar surface area (TPSA) is 98.5 Å². The van der Waals surface area contributed by atoms with Gasteiger partial charge in [0, 0.05) is 16.1 Å². The molecule has 3 rings (SSSR count). The van der Waals surface area contributed by atoms with Gasteiger partial charge in [-0.15, -0.1) is 0 Å². The largest absolute Gasteiger partial charge is 0.441 e. The van der Waals surface area contributed by atoms with Crippen LogP contribution in [0.15, 0.2) is 53.1 Å². The van der Waals surface area contributed by atoms with Gasteiger partial charge in [0.1, 0.15) is 23.2 Å². The summed E-state index contributed by atoms with van der Waals surface area (Å²) in [5, 5.41) is 6.85. The van der Waals surface area contributed by atoms with Crippen molar-refractivity contribution in [3.8, 4) is 11.3 Å². The van der Waals surface area contributed by atoms with Crippen molar-refractivity contribution in [1.29, 1.82) is 0 Å². The molecular formula is C22H20ClF3N2O5S. The van der Waals surface area contributed by atoms with Gasteiger partial charge in [-0.05, 0) is 25.5 Å². The van der Waals surface area contributed by atoms with E-state index >= 15 is 0 Å². The number of carbonyl (C=O) groups excluding carboxylic acids is 1. The van der Waals surface area contributed by atoms with Crippen molar-refractivity contribution in [3.63, 3.8) is 0 Å². The normalized spacial score (nSPS) is 12.9. The number of aryl methyl sites for hydroxylation is 1. The minimum Gasteiger partial charge on any atom is -0.441 e. The number of amides is 1. The van der Waals surface area contributed by atoms with Crippen molar-refractivity contribution in [1.82, 2.24) is 5.16 Å². The number of benzene rings is 2. The number of carbonyl (C=O) groups is 1. The first-order valence-electron chi connectivity index (χ1n) is 9.89. The maximum absolute atomic E-state index is 12.5. The lowest BCUT2D eigenvalue weighted by Gasteiger charge is -2.15. The van der Waals surface area contributed by atoms with Crippen LogP contribution in [-0.2, 0) is 20.3 Å². The van der Waals surface area contributed by atoms with Gasteiger partial charge in [0.05, 0.1) is 5.75 Å². The second kappa shape index (κ2) is 10.1. The molecule has 0 radical (unpaired) electrons. The van der Waals surface area contributed by atoms with E-state index in [1.807, 2.05) is 0 Å². The van der Waals surface area contributed by atoms with Gasteiger partial charge in [0.2, 0.25) is 0 Å². The van der Waals surface area contributed by atoms with Crippen LogP contribution in [0.4, 0.5) is 23.7 Å². The van der Waals surface area contributed by atoms with Crippen LogP contribution in [0.5, 0.6) is 0 Å². The Hall–Kier alpha value is -3.05. The molecule has 1 atom stereocenters. The Morgan fingerprint density at radius 3 is 2.44 bits per heavy atom. The summed E-state index contributed by atoms with van der Waals surface area (Å²) in [6.07, 6.45) is -6.24. The molecule has 2 aromatic carbocycles. The number of nitrogens with zero attached hydrogens (tertiary/aromatic N) is 1. The average molecular weight is 517 g/mol. The number of halogens is 4. The van der Waals surface area contributed by atoms with E-state index in [1.54, 1.807) is 38.1 Å². The highest BCUT2D eigenvalue weighted by atomic mass is 35.5. The molecule has 0 aliphatic carbocycles. The molecule has 0 bridgehead atoms. The maximum Gasteiger partial charge on any atom is 0.412 e. The number of nitrogens with one attached hydrogen (secondary N) is 1. The van der Waals surface area contributed by atoms with E-state index in [1.165, 1.54) is 24.3 Å². The predicted molar refractivity (Wildman–Crippen MR) is 120 cm³/mol. The molecule has 0 saturated carbocycles. The number of aromatic nitrogens is 1. The predicted octanol–water partition coefficient (Wildman–Crippen LogP) is 6.09. The summed E-state index contributed by atoms with van der Waals surface area (Å²) >= 11 is 6.13. The Bertz CT molecular complexity index is 1270. The smallest absolute Gasteiger partial charge is 0.412 e. The standard InChI is InChI=1S/C22H20ClF3N2O5S/c1-13-19(27-21(29)32-14(2)17-5-3-4-6-18(17)23)20(33-28-13)16-9-7-15(8-10-16)11-34(30,31)12-22(24,25)26/h3-10,14H,11-12H2,1-2H3,(H,27,29). The summed E-state index contributed by atoms with van der Waals surface area (Å²) in [4.78, 5) is 12.5. The lowest BCUT2D eigenvalue weighted by molar-refractivity contribution is -0.106. The van der Waals surface area contributed by atoms with E-state index in [0.717, 1.165) is 0 Å². The fourth-order valence-electron chi connectivity index (χ4n) is 3.18. The van der Waals surface area contributed by atoms with Crippen molar-refractivity contribution >= 4 is 33.2 Å². The van der Waals surface area contributed by atoms with Crippen LogP contribution < -0.4 is 5.32 Å².